The van der Waals surface area contributed by atoms with Crippen LogP contribution in [-0.4, -0.2) is 42.5 Å². The summed E-state index contributed by atoms with van der Waals surface area (Å²) in [5, 5.41) is 0. The van der Waals surface area contributed by atoms with Gasteiger partial charge in [0.15, 0.2) is 0 Å². The molecule has 3 aliphatic heterocycles. The molecule has 0 aromatic heterocycles. The Morgan fingerprint density at radius 3 is 2.25 bits per heavy atom. The van der Waals surface area contributed by atoms with Gasteiger partial charge in [0, 0.05) is 25.7 Å². The van der Waals surface area contributed by atoms with E-state index in [1.807, 2.05) is 0 Å². The predicted octanol–water partition coefficient (Wildman–Crippen LogP) is 2.63. The van der Waals surface area contributed by atoms with Crippen LogP contribution in [0.5, 0.6) is 0 Å². The summed E-state index contributed by atoms with van der Waals surface area (Å²) >= 11 is 0. The molecule has 2 nitrogen and oxygen atoms in total. The van der Waals surface area contributed by atoms with Crippen molar-refractivity contribution in [3.8, 4) is 0 Å². The molecule has 16 heavy (non-hydrogen) atoms. The summed E-state index contributed by atoms with van der Waals surface area (Å²) in [6, 6.07) is 1.65. The highest BCUT2D eigenvalue weighted by atomic mass is 15.2. The van der Waals surface area contributed by atoms with Crippen molar-refractivity contribution in [2.45, 2.75) is 45.2 Å². The van der Waals surface area contributed by atoms with Crippen LogP contribution in [0.3, 0.4) is 0 Å². The summed E-state index contributed by atoms with van der Waals surface area (Å²) in [4.78, 5) is 4.68. The van der Waals surface area contributed by atoms with Crippen molar-refractivity contribution in [3.05, 3.63) is 23.4 Å². The van der Waals surface area contributed by atoms with Gasteiger partial charge in [-0.25, -0.2) is 0 Å². The molecule has 0 aromatic rings. The first-order valence-electron chi connectivity index (χ1n) is 6.33. The normalized spacial score (nSPS) is 32.4. The lowest BCUT2D eigenvalue weighted by molar-refractivity contribution is 0.255. The molecule has 90 valence electrons. The van der Waals surface area contributed by atoms with Gasteiger partial charge in [-0.1, -0.05) is 11.6 Å². The lowest BCUT2D eigenvalue weighted by atomic mass is 10.0. The zero-order valence-corrected chi connectivity index (χ0v) is 11.0. The Bertz CT molecular complexity index is 317. The fraction of sp³-hybridized carbons (Fsp3) is 0.714. The van der Waals surface area contributed by atoms with Crippen LogP contribution in [0.2, 0.25) is 0 Å². The molecule has 0 N–H and O–H groups in total. The Kier molecular flexibility index (Phi) is 3.38. The molecule has 0 spiro atoms. The third kappa shape index (κ3) is 2.49. The fourth-order valence-corrected chi connectivity index (χ4v) is 3.00. The standard InChI is InChI=1S/C9H15N.C5H9N/c1-7-5-8-3-4-9(6-7)10(8)2;1-5-3-6(2)4-5/h5,8-9H,3-4,6H2,1-2H3;3H,4H2,1-2H3. The highest BCUT2D eigenvalue weighted by molar-refractivity contribution is 5.15. The number of rotatable bonds is 0. The van der Waals surface area contributed by atoms with E-state index in [-0.39, 0.29) is 0 Å². The van der Waals surface area contributed by atoms with Crippen LogP contribution >= 0.6 is 0 Å². The van der Waals surface area contributed by atoms with Gasteiger partial charge in [0.1, 0.15) is 0 Å². The van der Waals surface area contributed by atoms with Gasteiger partial charge in [0.2, 0.25) is 0 Å². The van der Waals surface area contributed by atoms with Gasteiger partial charge in [-0.3, -0.25) is 4.90 Å². The van der Waals surface area contributed by atoms with Gasteiger partial charge in [-0.05, 0) is 51.9 Å². The van der Waals surface area contributed by atoms with Gasteiger partial charge in [0.05, 0.1) is 0 Å². The van der Waals surface area contributed by atoms with Gasteiger partial charge in [0.25, 0.3) is 0 Å². The van der Waals surface area contributed by atoms with Gasteiger partial charge in [-0.15, -0.1) is 0 Å². The Balaban J connectivity index is 0.000000138. The second-order valence-electron chi connectivity index (χ2n) is 5.57. The monoisotopic (exact) mass is 220 g/mol. The Labute approximate surface area is 99.6 Å². The third-order valence-electron chi connectivity index (χ3n) is 3.87. The number of fused-ring (bicyclic) bond motifs is 2. The summed E-state index contributed by atoms with van der Waals surface area (Å²) in [7, 11) is 4.33. The van der Waals surface area contributed by atoms with E-state index in [0.29, 0.717) is 0 Å². The van der Waals surface area contributed by atoms with Gasteiger partial charge < -0.3 is 4.90 Å². The van der Waals surface area contributed by atoms with Crippen molar-refractivity contribution < 1.29 is 0 Å². The summed E-state index contributed by atoms with van der Waals surface area (Å²) in [5.74, 6) is 0. The molecule has 3 aliphatic rings. The van der Waals surface area contributed by atoms with Gasteiger partial charge >= 0.3 is 0 Å². The van der Waals surface area contributed by atoms with E-state index in [9.17, 15) is 0 Å². The predicted molar refractivity (Wildman–Crippen MR) is 69.3 cm³/mol. The van der Waals surface area contributed by atoms with Crippen molar-refractivity contribution in [2.24, 2.45) is 0 Å². The summed E-state index contributed by atoms with van der Waals surface area (Å²) < 4.78 is 0. The molecule has 0 amide bonds. The van der Waals surface area contributed by atoms with Crippen molar-refractivity contribution in [2.75, 3.05) is 20.6 Å². The summed E-state index contributed by atoms with van der Waals surface area (Å²) in [6.07, 6.45) is 8.68. The van der Waals surface area contributed by atoms with E-state index in [0.717, 1.165) is 12.1 Å². The fourth-order valence-electron chi connectivity index (χ4n) is 3.00. The number of hydrogen-bond donors (Lipinski definition) is 0. The maximum Gasteiger partial charge on any atom is 0.0394 e. The maximum absolute atomic E-state index is 2.52. The van der Waals surface area contributed by atoms with Crippen molar-refractivity contribution >= 4 is 0 Å². The Morgan fingerprint density at radius 2 is 1.81 bits per heavy atom. The van der Waals surface area contributed by atoms with Crippen molar-refractivity contribution in [1.82, 2.24) is 9.80 Å². The zero-order chi connectivity index (χ0) is 11.7. The Morgan fingerprint density at radius 1 is 1.12 bits per heavy atom. The van der Waals surface area contributed by atoms with E-state index in [1.54, 1.807) is 5.57 Å². The quantitative estimate of drug-likeness (QED) is 0.579. The molecule has 1 saturated heterocycles. The van der Waals surface area contributed by atoms with E-state index >= 15 is 0 Å². The van der Waals surface area contributed by atoms with Crippen molar-refractivity contribution in [1.29, 1.82) is 0 Å². The lowest BCUT2D eigenvalue weighted by Crippen LogP contribution is -2.34. The highest BCUT2D eigenvalue weighted by Crippen LogP contribution is 2.32. The van der Waals surface area contributed by atoms with Crippen LogP contribution in [-0.2, 0) is 0 Å². The first-order chi connectivity index (χ1) is 7.56. The maximum atomic E-state index is 2.52. The lowest BCUT2D eigenvalue weighted by Gasteiger charge is -2.29. The minimum atomic E-state index is 0.777. The van der Waals surface area contributed by atoms with Crippen molar-refractivity contribution in [3.63, 3.8) is 0 Å². The topological polar surface area (TPSA) is 6.48 Å². The molecule has 2 bridgehead atoms. The summed E-state index contributed by atoms with van der Waals surface area (Å²) in [5.41, 5.74) is 3.09. The van der Waals surface area contributed by atoms with Crippen LogP contribution in [0, 0.1) is 0 Å². The molecule has 0 aliphatic carbocycles. The SMILES string of the molecule is CC1=CC2CCC(C1)N2C.CC1=CN(C)C1. The largest absolute Gasteiger partial charge is 0.376 e. The molecular formula is C14H24N2. The van der Waals surface area contributed by atoms with Crippen LogP contribution in [0.25, 0.3) is 0 Å². The van der Waals surface area contributed by atoms with E-state index in [4.69, 9.17) is 0 Å². The average Bonchev–Trinajstić information content (AvgIpc) is 2.43. The second-order valence-corrected chi connectivity index (χ2v) is 5.57. The van der Waals surface area contributed by atoms with Gasteiger partial charge in [-0.2, -0.15) is 0 Å². The molecule has 3 heterocycles. The Hall–Kier alpha value is -0.760. The molecule has 2 unspecified atom stereocenters. The van der Waals surface area contributed by atoms with Crippen LogP contribution < -0.4 is 0 Å². The molecule has 0 aromatic carbocycles. The first-order valence-corrected chi connectivity index (χ1v) is 6.33. The van der Waals surface area contributed by atoms with E-state index in [1.165, 1.54) is 31.4 Å². The minimum absolute atomic E-state index is 0.777. The molecule has 0 radical (unpaired) electrons. The smallest absolute Gasteiger partial charge is 0.0394 e. The van der Waals surface area contributed by atoms with E-state index in [2.05, 4.69) is 50.0 Å². The molecule has 3 rings (SSSR count). The molecule has 0 saturated carbocycles. The zero-order valence-electron chi connectivity index (χ0n) is 11.0. The summed E-state index contributed by atoms with van der Waals surface area (Å²) in [6.45, 7) is 5.57. The second kappa shape index (κ2) is 4.62. The van der Waals surface area contributed by atoms with Crippen LogP contribution in [0.4, 0.5) is 0 Å². The van der Waals surface area contributed by atoms with Crippen LogP contribution in [0.15, 0.2) is 23.4 Å². The number of likely N-dealkylation sites (N-methyl/N-ethyl adjacent to an activating group) is 2. The molecule has 1 fully saturated rings. The molecule has 2 atom stereocenters. The van der Waals surface area contributed by atoms with E-state index < -0.39 is 0 Å². The number of hydrogen-bond acceptors (Lipinski definition) is 2. The third-order valence-corrected chi connectivity index (χ3v) is 3.87. The number of nitrogens with zero attached hydrogens (tertiary/aromatic N) is 2. The first kappa shape index (κ1) is 11.7. The minimum Gasteiger partial charge on any atom is -0.376 e. The molecule has 2 heteroatoms. The molecular weight excluding hydrogens is 196 g/mol. The highest BCUT2D eigenvalue weighted by Gasteiger charge is 2.32. The van der Waals surface area contributed by atoms with Crippen LogP contribution in [0.1, 0.15) is 33.1 Å². The average molecular weight is 220 g/mol.